The van der Waals surface area contributed by atoms with Gasteiger partial charge in [-0.3, -0.25) is 0 Å². The second kappa shape index (κ2) is 11.8. The van der Waals surface area contributed by atoms with Crippen LogP contribution in [0.15, 0.2) is 121 Å². The molecular weight excluding hydrogens is 450 g/mol. The van der Waals surface area contributed by atoms with E-state index in [-0.39, 0.29) is 0 Å². The minimum Gasteiger partial charge on any atom is -0.332 e. The van der Waals surface area contributed by atoms with Gasteiger partial charge in [0, 0.05) is 31.1 Å². The highest BCUT2D eigenvalue weighted by Gasteiger charge is 2.37. The van der Waals surface area contributed by atoms with Crippen LogP contribution in [0.4, 0.5) is 5.69 Å². The van der Waals surface area contributed by atoms with Crippen LogP contribution in [0.1, 0.15) is 27.7 Å². The average molecular weight is 485 g/mol. The molecule has 0 bridgehead atoms. The van der Waals surface area contributed by atoms with Crippen LogP contribution in [0.25, 0.3) is 0 Å². The molecule has 4 heteroatoms. The molecule has 174 valence electrons. The molecule has 0 fully saturated rings. The Morgan fingerprint density at radius 2 is 0.853 bits per heavy atom. The van der Waals surface area contributed by atoms with E-state index in [2.05, 4.69) is 158 Å². The van der Waals surface area contributed by atoms with Crippen LogP contribution in [0.2, 0.25) is 0 Å². The van der Waals surface area contributed by atoms with E-state index < -0.39 is 16.3 Å². The molecule has 4 aromatic carbocycles. The van der Waals surface area contributed by atoms with Gasteiger partial charge in [-0.25, -0.2) is 4.44 Å². The highest BCUT2D eigenvalue weighted by molar-refractivity contribution is 7.82. The third-order valence-electron chi connectivity index (χ3n) is 5.56. The number of nitrogens with zero attached hydrogens (tertiary/aromatic N) is 2. The van der Waals surface area contributed by atoms with Crippen molar-refractivity contribution in [1.29, 1.82) is 0 Å². The maximum Gasteiger partial charge on any atom is 0.105 e. The van der Waals surface area contributed by atoms with Crippen molar-refractivity contribution >= 4 is 37.9 Å². The van der Waals surface area contributed by atoms with E-state index in [0.717, 1.165) is 0 Å². The van der Waals surface area contributed by atoms with E-state index in [4.69, 9.17) is 0 Å². The summed E-state index contributed by atoms with van der Waals surface area (Å²) >= 11 is 0. The molecule has 1 atom stereocenters. The Bertz CT molecular complexity index is 1080. The van der Waals surface area contributed by atoms with E-state index in [0.29, 0.717) is 12.1 Å². The second-order valence-corrected chi connectivity index (χ2v) is 13.2. The van der Waals surface area contributed by atoms with Crippen LogP contribution in [-0.2, 0) is 0 Å². The molecule has 4 aromatic rings. The maximum atomic E-state index is 2.80. The van der Waals surface area contributed by atoms with Crippen molar-refractivity contribution in [1.82, 2.24) is 4.44 Å². The van der Waals surface area contributed by atoms with Crippen LogP contribution >= 0.6 is 16.3 Å². The van der Waals surface area contributed by atoms with Crippen LogP contribution in [0.5, 0.6) is 0 Å². The molecule has 0 radical (unpaired) electrons. The monoisotopic (exact) mass is 484 g/mol. The van der Waals surface area contributed by atoms with Gasteiger partial charge >= 0.3 is 0 Å². The lowest BCUT2D eigenvalue weighted by molar-refractivity contribution is 0.574. The molecule has 0 aromatic heterocycles. The summed E-state index contributed by atoms with van der Waals surface area (Å²) in [5.41, 5.74) is 1.27. The van der Waals surface area contributed by atoms with E-state index in [9.17, 15) is 0 Å². The molecule has 0 saturated heterocycles. The van der Waals surface area contributed by atoms with Gasteiger partial charge in [0.15, 0.2) is 0 Å². The third-order valence-corrected chi connectivity index (χ3v) is 11.8. The summed E-state index contributed by atoms with van der Waals surface area (Å²) in [5.74, 6) is 0. The molecule has 0 heterocycles. The molecule has 0 aliphatic rings. The van der Waals surface area contributed by atoms with Crippen LogP contribution in [-0.4, -0.2) is 16.5 Å². The van der Waals surface area contributed by atoms with Gasteiger partial charge in [-0.05, 0) is 50.4 Å². The van der Waals surface area contributed by atoms with Crippen LogP contribution in [0, 0.1) is 0 Å². The van der Waals surface area contributed by atoms with Crippen LogP contribution < -0.4 is 20.6 Å². The number of rotatable bonds is 9. The molecule has 0 amide bonds. The average Bonchev–Trinajstić information content (AvgIpc) is 2.88. The Labute approximate surface area is 207 Å². The minimum absolute atomic E-state index is 0.346. The summed E-state index contributed by atoms with van der Waals surface area (Å²) < 4.78 is 5.45. The lowest BCUT2D eigenvalue weighted by atomic mass is 10.3. The highest BCUT2D eigenvalue weighted by atomic mass is 31.2. The standard InChI is InChI=1S/C30H34N2P2/c1-25(2)31(27-17-9-5-10-18-27)34(30-23-15-8-16-24-30)32(26(3)4)33(28-19-11-6-12-20-28)29-21-13-7-14-22-29/h5-26H,1-4H3. The molecule has 0 spiro atoms. The SMILES string of the molecule is CC(C)N(c1ccccc1)P(c1ccccc1)N(C(C)C)P(c1ccccc1)c1ccccc1. The molecule has 0 aliphatic carbocycles. The fourth-order valence-electron chi connectivity index (χ4n) is 4.17. The molecule has 2 nitrogen and oxygen atoms in total. The fourth-order valence-corrected chi connectivity index (χ4v) is 10.5. The Balaban J connectivity index is 1.96. The first-order chi connectivity index (χ1) is 16.6. The number of hydrogen-bond donors (Lipinski definition) is 0. The molecule has 4 rings (SSSR count). The number of para-hydroxylation sites is 1. The zero-order valence-corrected chi connectivity index (χ0v) is 22.3. The van der Waals surface area contributed by atoms with E-state index in [1.54, 1.807) is 0 Å². The Hall–Kier alpha value is -2.50. The van der Waals surface area contributed by atoms with Gasteiger partial charge in [0.05, 0.1) is 0 Å². The van der Waals surface area contributed by atoms with Crippen molar-refractivity contribution in [3.8, 4) is 0 Å². The molecule has 0 saturated carbocycles. The largest absolute Gasteiger partial charge is 0.332 e. The van der Waals surface area contributed by atoms with Gasteiger partial charge in [0.1, 0.15) is 8.22 Å². The van der Waals surface area contributed by atoms with Gasteiger partial charge in [-0.1, -0.05) is 109 Å². The Morgan fingerprint density at radius 3 is 1.24 bits per heavy atom. The zero-order valence-electron chi connectivity index (χ0n) is 20.5. The summed E-state index contributed by atoms with van der Waals surface area (Å²) in [4.78, 5) is 0. The van der Waals surface area contributed by atoms with Crippen LogP contribution in [0.3, 0.4) is 0 Å². The third kappa shape index (κ3) is 5.59. The zero-order chi connectivity index (χ0) is 23.9. The van der Waals surface area contributed by atoms with Crippen molar-refractivity contribution < 1.29 is 0 Å². The smallest absolute Gasteiger partial charge is 0.105 e. The van der Waals surface area contributed by atoms with Gasteiger partial charge < -0.3 is 4.67 Å². The second-order valence-electron chi connectivity index (χ2n) is 8.80. The lowest BCUT2D eigenvalue weighted by Gasteiger charge is -2.48. The summed E-state index contributed by atoms with van der Waals surface area (Å²) in [6.07, 6.45) is 0. The summed E-state index contributed by atoms with van der Waals surface area (Å²) in [6, 6.07) is 44.8. The van der Waals surface area contributed by atoms with Crippen molar-refractivity contribution in [2.45, 2.75) is 39.8 Å². The first kappa shape index (κ1) is 24.6. The maximum absolute atomic E-state index is 2.80. The molecule has 34 heavy (non-hydrogen) atoms. The normalized spacial score (nSPS) is 12.5. The Kier molecular flexibility index (Phi) is 8.52. The quantitative estimate of drug-likeness (QED) is 0.230. The molecule has 0 N–H and O–H groups in total. The van der Waals surface area contributed by atoms with Crippen molar-refractivity contribution in [2.75, 3.05) is 4.67 Å². The number of benzene rings is 4. The van der Waals surface area contributed by atoms with Crippen molar-refractivity contribution in [2.24, 2.45) is 0 Å². The first-order valence-corrected chi connectivity index (χ1v) is 14.5. The van der Waals surface area contributed by atoms with Gasteiger partial charge in [0.25, 0.3) is 0 Å². The fraction of sp³-hybridized carbons (Fsp3) is 0.200. The van der Waals surface area contributed by atoms with Crippen molar-refractivity contribution in [3.05, 3.63) is 121 Å². The Morgan fingerprint density at radius 1 is 0.471 bits per heavy atom. The number of hydrogen-bond acceptors (Lipinski definition) is 2. The van der Waals surface area contributed by atoms with Gasteiger partial charge in [-0.2, -0.15) is 0 Å². The predicted molar refractivity (Wildman–Crippen MR) is 153 cm³/mol. The summed E-state index contributed by atoms with van der Waals surface area (Å²) in [7, 11) is -1.57. The van der Waals surface area contributed by atoms with E-state index >= 15 is 0 Å². The number of anilines is 1. The highest BCUT2D eigenvalue weighted by Crippen LogP contribution is 2.59. The molecular formula is C30H34N2P2. The summed E-state index contributed by atoms with van der Waals surface area (Å²) in [6.45, 7) is 9.33. The first-order valence-electron chi connectivity index (χ1n) is 12.0. The predicted octanol–water partition coefficient (Wildman–Crippen LogP) is 7.30. The van der Waals surface area contributed by atoms with Gasteiger partial charge in [-0.15, -0.1) is 0 Å². The topological polar surface area (TPSA) is 6.48 Å². The minimum atomic E-state index is -0.829. The molecule has 1 unspecified atom stereocenters. The van der Waals surface area contributed by atoms with E-state index in [1.165, 1.54) is 21.6 Å². The lowest BCUT2D eigenvalue weighted by Crippen LogP contribution is -2.41. The molecule has 0 aliphatic heterocycles. The van der Waals surface area contributed by atoms with Crippen molar-refractivity contribution in [3.63, 3.8) is 0 Å². The van der Waals surface area contributed by atoms with Gasteiger partial charge in [0.2, 0.25) is 0 Å². The summed E-state index contributed by atoms with van der Waals surface area (Å²) in [5, 5.41) is 4.15. The van der Waals surface area contributed by atoms with E-state index in [1.807, 2.05) is 0 Å².